The van der Waals surface area contributed by atoms with Crippen LogP contribution in [0.5, 0.6) is 0 Å². The number of carbonyl (C=O) groups excluding carboxylic acids is 2. The lowest BCUT2D eigenvalue weighted by molar-refractivity contribution is -0.123. The van der Waals surface area contributed by atoms with Gasteiger partial charge < -0.3 is 10.3 Å². The third-order valence-corrected chi connectivity index (χ3v) is 4.94. The molecule has 2 aromatic carbocycles. The zero-order chi connectivity index (χ0) is 18.3. The van der Waals surface area contributed by atoms with Crippen LogP contribution in [0, 0.1) is 0 Å². The van der Waals surface area contributed by atoms with Crippen LogP contribution in [0.15, 0.2) is 58.8 Å². The number of fused-ring (bicyclic) bond motifs is 1. The summed E-state index contributed by atoms with van der Waals surface area (Å²) in [4.78, 5) is 29.2. The molecule has 4 rings (SSSR count). The molecule has 7 heteroatoms. The molecule has 2 N–H and O–H groups in total. The highest BCUT2D eigenvalue weighted by Gasteiger charge is 2.33. The molecule has 3 amide bonds. The van der Waals surface area contributed by atoms with Gasteiger partial charge in [0.15, 0.2) is 0 Å². The fourth-order valence-electron chi connectivity index (χ4n) is 2.88. The van der Waals surface area contributed by atoms with E-state index in [0.717, 1.165) is 26.5 Å². The summed E-state index contributed by atoms with van der Waals surface area (Å²) in [6.07, 6.45) is 3.50. The number of carbonyl (C=O) groups is 2. The van der Waals surface area contributed by atoms with E-state index in [-0.39, 0.29) is 18.1 Å². The normalized spacial score (nSPS) is 15.9. The van der Waals surface area contributed by atoms with Crippen LogP contribution in [-0.2, 0) is 11.3 Å². The van der Waals surface area contributed by atoms with Crippen LogP contribution >= 0.6 is 27.5 Å². The number of imide groups is 1. The largest absolute Gasteiger partial charge is 0.361 e. The average molecular weight is 431 g/mol. The van der Waals surface area contributed by atoms with Crippen molar-refractivity contribution >= 4 is 56.4 Å². The number of nitrogens with zero attached hydrogens (tertiary/aromatic N) is 1. The van der Waals surface area contributed by atoms with E-state index in [1.165, 1.54) is 4.90 Å². The number of urea groups is 1. The molecule has 0 atom stereocenters. The third-order valence-electron chi connectivity index (χ3n) is 4.19. The topological polar surface area (TPSA) is 65.2 Å². The second kappa shape index (κ2) is 6.63. The van der Waals surface area contributed by atoms with Gasteiger partial charge in [0.1, 0.15) is 5.70 Å². The van der Waals surface area contributed by atoms with Gasteiger partial charge in [0.05, 0.1) is 6.54 Å². The lowest BCUT2D eigenvalue weighted by Crippen LogP contribution is -2.30. The Kier molecular flexibility index (Phi) is 4.30. The molecule has 0 radical (unpaired) electrons. The second-order valence-electron chi connectivity index (χ2n) is 5.94. The van der Waals surface area contributed by atoms with E-state index in [1.807, 2.05) is 24.4 Å². The summed E-state index contributed by atoms with van der Waals surface area (Å²) in [5.41, 5.74) is 2.87. The van der Waals surface area contributed by atoms with Gasteiger partial charge in [-0.15, -0.1) is 0 Å². The molecule has 1 aliphatic rings. The number of halogens is 2. The Balaban J connectivity index is 1.61. The van der Waals surface area contributed by atoms with Crippen molar-refractivity contribution in [1.29, 1.82) is 0 Å². The van der Waals surface area contributed by atoms with E-state index in [9.17, 15) is 9.59 Å². The zero-order valence-electron chi connectivity index (χ0n) is 13.4. The Bertz CT molecular complexity index is 1060. The standard InChI is InChI=1S/C19H13BrClN3O2/c20-13-3-6-15-12(9-22-16(15)8-13)7-17-18(25)24(19(26)23-17)10-11-1-4-14(21)5-2-11/h1-9,22H,10H2,(H,23,26)/b17-7-. The third kappa shape index (κ3) is 3.13. The lowest BCUT2D eigenvalue weighted by Gasteiger charge is -2.11. The van der Waals surface area contributed by atoms with Crippen molar-refractivity contribution in [2.24, 2.45) is 0 Å². The predicted octanol–water partition coefficient (Wildman–Crippen LogP) is 4.68. The first-order valence-corrected chi connectivity index (χ1v) is 9.04. The van der Waals surface area contributed by atoms with E-state index >= 15 is 0 Å². The van der Waals surface area contributed by atoms with Gasteiger partial charge in [-0.1, -0.05) is 45.7 Å². The van der Waals surface area contributed by atoms with Gasteiger partial charge in [0.25, 0.3) is 5.91 Å². The van der Waals surface area contributed by atoms with Crippen molar-refractivity contribution in [1.82, 2.24) is 15.2 Å². The number of hydrogen-bond donors (Lipinski definition) is 2. The molecule has 1 saturated heterocycles. The quantitative estimate of drug-likeness (QED) is 0.468. The summed E-state index contributed by atoms with van der Waals surface area (Å²) in [6.45, 7) is 0.194. The van der Waals surface area contributed by atoms with Gasteiger partial charge in [-0.2, -0.15) is 0 Å². The van der Waals surface area contributed by atoms with Crippen molar-refractivity contribution in [3.63, 3.8) is 0 Å². The summed E-state index contributed by atoms with van der Waals surface area (Å²) < 4.78 is 0.963. The van der Waals surface area contributed by atoms with E-state index in [0.29, 0.717) is 5.02 Å². The Hall–Kier alpha value is -2.57. The minimum absolute atomic E-state index is 0.194. The maximum atomic E-state index is 12.6. The summed E-state index contributed by atoms with van der Waals surface area (Å²) in [5, 5.41) is 4.23. The molecule has 0 spiro atoms. The number of H-pyrrole nitrogens is 1. The van der Waals surface area contributed by atoms with E-state index in [2.05, 4.69) is 26.2 Å². The molecule has 26 heavy (non-hydrogen) atoms. The molecular weight excluding hydrogens is 418 g/mol. The van der Waals surface area contributed by atoms with Crippen molar-refractivity contribution in [2.75, 3.05) is 0 Å². The summed E-state index contributed by atoms with van der Waals surface area (Å²) in [7, 11) is 0. The molecule has 3 aromatic rings. The van der Waals surface area contributed by atoms with Gasteiger partial charge in [0.2, 0.25) is 0 Å². The van der Waals surface area contributed by atoms with Crippen LogP contribution in [0.4, 0.5) is 4.79 Å². The maximum Gasteiger partial charge on any atom is 0.329 e. The van der Waals surface area contributed by atoms with Crippen LogP contribution < -0.4 is 5.32 Å². The number of rotatable bonds is 3. The van der Waals surface area contributed by atoms with E-state index in [1.54, 1.807) is 30.3 Å². The number of amides is 3. The Morgan fingerprint density at radius 2 is 1.88 bits per heavy atom. The molecule has 0 aliphatic carbocycles. The van der Waals surface area contributed by atoms with Crippen molar-refractivity contribution in [2.45, 2.75) is 6.54 Å². The zero-order valence-corrected chi connectivity index (χ0v) is 15.8. The van der Waals surface area contributed by atoms with Crippen LogP contribution in [0.1, 0.15) is 11.1 Å². The molecule has 1 aromatic heterocycles. The molecule has 1 aliphatic heterocycles. The predicted molar refractivity (Wildman–Crippen MR) is 105 cm³/mol. The van der Waals surface area contributed by atoms with Crippen LogP contribution in [-0.4, -0.2) is 21.8 Å². The fraction of sp³-hybridized carbons (Fsp3) is 0.0526. The Labute approximate surface area is 162 Å². The summed E-state index contributed by atoms with van der Waals surface area (Å²) in [6, 6.07) is 12.5. The minimum atomic E-state index is -0.432. The molecule has 0 unspecified atom stereocenters. The first kappa shape index (κ1) is 16.9. The molecule has 1 fully saturated rings. The number of hydrogen-bond acceptors (Lipinski definition) is 2. The first-order valence-electron chi connectivity index (χ1n) is 7.87. The fourth-order valence-corrected chi connectivity index (χ4v) is 3.37. The maximum absolute atomic E-state index is 12.6. The van der Waals surface area contributed by atoms with Crippen molar-refractivity contribution in [3.8, 4) is 0 Å². The molecule has 2 heterocycles. The Morgan fingerprint density at radius 3 is 2.65 bits per heavy atom. The summed E-state index contributed by atoms with van der Waals surface area (Å²) >= 11 is 9.30. The van der Waals surface area contributed by atoms with Crippen LogP contribution in [0.3, 0.4) is 0 Å². The Morgan fingerprint density at radius 1 is 1.12 bits per heavy atom. The highest BCUT2D eigenvalue weighted by molar-refractivity contribution is 9.10. The molecular formula is C19H13BrClN3O2. The average Bonchev–Trinajstić information content (AvgIpc) is 3.12. The second-order valence-corrected chi connectivity index (χ2v) is 7.29. The molecule has 0 saturated carbocycles. The van der Waals surface area contributed by atoms with E-state index < -0.39 is 6.03 Å². The van der Waals surface area contributed by atoms with E-state index in [4.69, 9.17) is 11.6 Å². The number of nitrogens with one attached hydrogen (secondary N) is 2. The van der Waals surface area contributed by atoms with Crippen molar-refractivity contribution in [3.05, 3.63) is 75.0 Å². The molecule has 130 valence electrons. The number of benzene rings is 2. The van der Waals surface area contributed by atoms with Crippen molar-refractivity contribution < 1.29 is 9.59 Å². The van der Waals surface area contributed by atoms with Crippen LogP contribution in [0.2, 0.25) is 5.02 Å². The molecule has 5 nitrogen and oxygen atoms in total. The van der Waals surface area contributed by atoms with Gasteiger partial charge in [-0.25, -0.2) is 4.79 Å². The van der Waals surface area contributed by atoms with Crippen LogP contribution in [0.25, 0.3) is 17.0 Å². The SMILES string of the molecule is O=C1N/C(=C\c2c[nH]c3cc(Br)ccc23)C(=O)N1Cc1ccc(Cl)cc1. The first-order chi connectivity index (χ1) is 12.5. The highest BCUT2D eigenvalue weighted by Crippen LogP contribution is 2.25. The van der Waals surface area contributed by atoms with Gasteiger partial charge >= 0.3 is 6.03 Å². The number of aromatic amines is 1. The monoisotopic (exact) mass is 429 g/mol. The number of aromatic nitrogens is 1. The minimum Gasteiger partial charge on any atom is -0.361 e. The highest BCUT2D eigenvalue weighted by atomic mass is 79.9. The smallest absolute Gasteiger partial charge is 0.329 e. The lowest BCUT2D eigenvalue weighted by atomic mass is 10.1. The van der Waals surface area contributed by atoms with Gasteiger partial charge in [-0.05, 0) is 35.9 Å². The molecule has 0 bridgehead atoms. The van der Waals surface area contributed by atoms with Gasteiger partial charge in [-0.3, -0.25) is 9.69 Å². The van der Waals surface area contributed by atoms with Gasteiger partial charge in [0, 0.05) is 32.2 Å². The summed E-state index contributed by atoms with van der Waals surface area (Å²) in [5.74, 6) is -0.351.